The Balaban J connectivity index is 1.94. The Labute approximate surface area is 129 Å². The molecule has 0 aliphatic carbocycles. The van der Waals surface area contributed by atoms with Crippen molar-refractivity contribution in [1.29, 1.82) is 0 Å². The molecule has 0 amide bonds. The van der Waals surface area contributed by atoms with Crippen LogP contribution < -0.4 is 4.90 Å². The number of rotatable bonds is 3. The molecule has 0 bridgehead atoms. The first kappa shape index (κ1) is 15.0. The van der Waals surface area contributed by atoms with Crippen LogP contribution in [0.3, 0.4) is 0 Å². The molecule has 1 aliphatic rings. The zero-order valence-electron chi connectivity index (χ0n) is 13.1. The highest BCUT2D eigenvalue weighted by Crippen LogP contribution is 2.27. The maximum atomic E-state index is 9.45. The van der Waals surface area contributed by atoms with Gasteiger partial charge in [0.15, 0.2) is 5.76 Å². The van der Waals surface area contributed by atoms with Gasteiger partial charge in [0.1, 0.15) is 17.3 Å². The second-order valence-corrected chi connectivity index (χ2v) is 6.20. The Morgan fingerprint density at radius 3 is 2.91 bits per heavy atom. The summed E-state index contributed by atoms with van der Waals surface area (Å²) in [5.74, 6) is 2.24. The topological polar surface area (TPSA) is 71.6 Å². The quantitative estimate of drug-likeness (QED) is 0.935. The van der Waals surface area contributed by atoms with Gasteiger partial charge in [-0.2, -0.15) is 0 Å². The van der Waals surface area contributed by atoms with Gasteiger partial charge in [-0.3, -0.25) is 0 Å². The van der Waals surface area contributed by atoms with Gasteiger partial charge in [0.05, 0.1) is 24.6 Å². The largest absolute Gasteiger partial charge is 0.463 e. The van der Waals surface area contributed by atoms with Gasteiger partial charge in [0, 0.05) is 19.2 Å². The highest BCUT2D eigenvalue weighted by molar-refractivity contribution is 5.58. The van der Waals surface area contributed by atoms with Crippen molar-refractivity contribution < 1.29 is 14.3 Å². The van der Waals surface area contributed by atoms with Crippen molar-refractivity contribution >= 4 is 5.82 Å². The normalized spacial score (nSPS) is 21.1. The summed E-state index contributed by atoms with van der Waals surface area (Å²) in [6, 6.07) is 5.64. The maximum absolute atomic E-state index is 9.45. The second kappa shape index (κ2) is 5.70. The molecule has 2 aromatic rings. The molecule has 1 saturated heterocycles. The first-order chi connectivity index (χ1) is 10.5. The lowest BCUT2D eigenvalue weighted by Gasteiger charge is -2.42. The van der Waals surface area contributed by atoms with Crippen LogP contribution in [0.15, 0.2) is 28.9 Å². The van der Waals surface area contributed by atoms with E-state index in [-0.39, 0.29) is 18.3 Å². The third kappa shape index (κ3) is 3.13. The predicted octanol–water partition coefficient (Wildman–Crippen LogP) is 2.02. The Bertz CT molecular complexity index is 640. The van der Waals surface area contributed by atoms with Gasteiger partial charge in [0.2, 0.25) is 0 Å². The van der Waals surface area contributed by atoms with Crippen molar-refractivity contribution in [3.8, 4) is 11.5 Å². The van der Waals surface area contributed by atoms with E-state index in [9.17, 15) is 5.11 Å². The predicted molar refractivity (Wildman–Crippen MR) is 82.7 cm³/mol. The van der Waals surface area contributed by atoms with Gasteiger partial charge in [-0.05, 0) is 32.9 Å². The van der Waals surface area contributed by atoms with Crippen LogP contribution in [0.25, 0.3) is 11.5 Å². The first-order valence-corrected chi connectivity index (χ1v) is 7.40. The number of hydrogen-bond donors (Lipinski definition) is 1. The second-order valence-electron chi connectivity index (χ2n) is 6.20. The number of morpholine rings is 1. The van der Waals surface area contributed by atoms with Crippen LogP contribution >= 0.6 is 0 Å². The molecule has 6 nitrogen and oxygen atoms in total. The fourth-order valence-electron chi connectivity index (χ4n) is 2.83. The van der Waals surface area contributed by atoms with Gasteiger partial charge in [0.25, 0.3) is 0 Å². The summed E-state index contributed by atoms with van der Waals surface area (Å²) in [5, 5.41) is 9.45. The third-order valence-corrected chi connectivity index (χ3v) is 3.61. The molecule has 22 heavy (non-hydrogen) atoms. The highest BCUT2D eigenvalue weighted by Gasteiger charge is 2.34. The zero-order valence-corrected chi connectivity index (χ0v) is 13.1. The van der Waals surface area contributed by atoms with Crippen molar-refractivity contribution in [1.82, 2.24) is 9.97 Å². The average Bonchev–Trinajstić information content (AvgIpc) is 2.99. The standard InChI is InChI=1S/C16H21N3O3/c1-11-17-13(14-5-4-6-21-14)7-15(18-11)19-8-12(9-20)22-16(2,3)10-19/h4-7,12,20H,8-10H2,1-3H3. The van der Waals surface area contributed by atoms with Crippen molar-refractivity contribution in [3.63, 3.8) is 0 Å². The number of aromatic nitrogens is 2. The van der Waals surface area contributed by atoms with E-state index in [4.69, 9.17) is 9.15 Å². The van der Waals surface area contributed by atoms with Gasteiger partial charge in [-0.1, -0.05) is 0 Å². The summed E-state index contributed by atoms with van der Waals surface area (Å²) < 4.78 is 11.3. The van der Waals surface area contributed by atoms with Crippen LogP contribution in [0.2, 0.25) is 0 Å². The molecule has 2 aromatic heterocycles. The Morgan fingerprint density at radius 2 is 2.23 bits per heavy atom. The van der Waals surface area contributed by atoms with E-state index < -0.39 is 0 Å². The maximum Gasteiger partial charge on any atom is 0.152 e. The van der Waals surface area contributed by atoms with Crippen LogP contribution in [0.4, 0.5) is 5.82 Å². The minimum atomic E-state index is -0.338. The molecule has 0 saturated carbocycles. The molecular weight excluding hydrogens is 282 g/mol. The van der Waals surface area contributed by atoms with Crippen molar-refractivity contribution in [3.05, 3.63) is 30.3 Å². The smallest absolute Gasteiger partial charge is 0.152 e. The fraction of sp³-hybridized carbons (Fsp3) is 0.500. The van der Waals surface area contributed by atoms with E-state index in [0.717, 1.165) is 17.3 Å². The van der Waals surface area contributed by atoms with Crippen LogP contribution in [0, 0.1) is 6.92 Å². The lowest BCUT2D eigenvalue weighted by atomic mass is 10.1. The number of aliphatic hydroxyl groups is 1. The summed E-state index contributed by atoms with van der Waals surface area (Å²) in [7, 11) is 0. The third-order valence-electron chi connectivity index (χ3n) is 3.61. The monoisotopic (exact) mass is 303 g/mol. The number of aryl methyl sites for hydroxylation is 1. The van der Waals surface area contributed by atoms with E-state index in [1.165, 1.54) is 0 Å². The Morgan fingerprint density at radius 1 is 1.41 bits per heavy atom. The van der Waals surface area contributed by atoms with Gasteiger partial charge in [-0.15, -0.1) is 0 Å². The molecule has 3 rings (SSSR count). The fourth-order valence-corrected chi connectivity index (χ4v) is 2.83. The van der Waals surface area contributed by atoms with E-state index in [1.807, 2.05) is 39.0 Å². The van der Waals surface area contributed by atoms with Crippen molar-refractivity contribution in [2.24, 2.45) is 0 Å². The van der Waals surface area contributed by atoms with E-state index in [2.05, 4.69) is 14.9 Å². The zero-order chi connectivity index (χ0) is 15.7. The number of aliphatic hydroxyl groups excluding tert-OH is 1. The number of nitrogens with zero attached hydrogens (tertiary/aromatic N) is 3. The molecule has 1 N–H and O–H groups in total. The molecule has 1 atom stereocenters. The lowest BCUT2D eigenvalue weighted by molar-refractivity contribution is -0.101. The molecule has 3 heterocycles. The summed E-state index contributed by atoms with van der Waals surface area (Å²) >= 11 is 0. The minimum Gasteiger partial charge on any atom is -0.463 e. The lowest BCUT2D eigenvalue weighted by Crippen LogP contribution is -2.54. The van der Waals surface area contributed by atoms with E-state index >= 15 is 0 Å². The number of hydrogen-bond acceptors (Lipinski definition) is 6. The molecule has 1 fully saturated rings. The van der Waals surface area contributed by atoms with Crippen LogP contribution in [0.5, 0.6) is 0 Å². The van der Waals surface area contributed by atoms with Gasteiger partial charge in [-0.25, -0.2) is 9.97 Å². The molecule has 1 unspecified atom stereocenters. The Kier molecular flexibility index (Phi) is 3.88. The van der Waals surface area contributed by atoms with Crippen LogP contribution in [-0.4, -0.2) is 46.5 Å². The van der Waals surface area contributed by atoms with Crippen LogP contribution in [-0.2, 0) is 4.74 Å². The SMILES string of the molecule is Cc1nc(-c2ccco2)cc(N2CC(CO)OC(C)(C)C2)n1. The molecule has 1 aliphatic heterocycles. The van der Waals surface area contributed by atoms with Crippen molar-refractivity contribution in [2.75, 3.05) is 24.6 Å². The Hall–Kier alpha value is -1.92. The minimum absolute atomic E-state index is 0.00492. The summed E-state index contributed by atoms with van der Waals surface area (Å²) in [5.41, 5.74) is 0.423. The molecule has 0 spiro atoms. The van der Waals surface area contributed by atoms with E-state index in [0.29, 0.717) is 18.9 Å². The number of furan rings is 1. The first-order valence-electron chi connectivity index (χ1n) is 7.40. The summed E-state index contributed by atoms with van der Waals surface area (Å²) in [6.07, 6.45) is 1.41. The van der Waals surface area contributed by atoms with Gasteiger partial charge < -0.3 is 19.2 Å². The molecule has 118 valence electrons. The van der Waals surface area contributed by atoms with Crippen LogP contribution in [0.1, 0.15) is 19.7 Å². The molecule has 0 aromatic carbocycles. The summed E-state index contributed by atoms with van der Waals surface area (Å²) in [6.45, 7) is 7.21. The number of anilines is 1. The van der Waals surface area contributed by atoms with Crippen molar-refractivity contribution in [2.45, 2.75) is 32.5 Å². The average molecular weight is 303 g/mol. The number of ether oxygens (including phenoxy) is 1. The van der Waals surface area contributed by atoms with Gasteiger partial charge >= 0.3 is 0 Å². The summed E-state index contributed by atoms with van der Waals surface area (Å²) in [4.78, 5) is 11.1. The molecule has 6 heteroatoms. The van der Waals surface area contributed by atoms with E-state index in [1.54, 1.807) is 6.26 Å². The molecular formula is C16H21N3O3. The molecule has 0 radical (unpaired) electrons. The highest BCUT2D eigenvalue weighted by atomic mass is 16.5.